The van der Waals surface area contributed by atoms with Gasteiger partial charge in [-0.2, -0.15) is 0 Å². The molecule has 0 aliphatic carbocycles. The van der Waals surface area contributed by atoms with E-state index >= 15 is 0 Å². The van der Waals surface area contributed by atoms with Crippen molar-refractivity contribution in [1.82, 2.24) is 0 Å². The second-order valence-corrected chi connectivity index (χ2v) is 6.46. The molecule has 4 nitrogen and oxygen atoms in total. The first-order valence-corrected chi connectivity index (χ1v) is 9.53. The summed E-state index contributed by atoms with van der Waals surface area (Å²) in [4.78, 5) is 12.4. The Morgan fingerprint density at radius 1 is 1.04 bits per heavy atom. The number of benzene rings is 2. The van der Waals surface area contributed by atoms with Crippen LogP contribution in [0.2, 0.25) is 0 Å². The van der Waals surface area contributed by atoms with E-state index < -0.39 is 0 Å². The van der Waals surface area contributed by atoms with Crippen LogP contribution < -0.4 is 4.74 Å². The Balaban J connectivity index is 2.45. The highest BCUT2D eigenvalue weighted by molar-refractivity contribution is 6.07. The van der Waals surface area contributed by atoms with Crippen LogP contribution >= 0.6 is 0 Å². The van der Waals surface area contributed by atoms with Gasteiger partial charge in [0.2, 0.25) is 0 Å². The number of hydrogen-bond acceptors (Lipinski definition) is 4. The van der Waals surface area contributed by atoms with Gasteiger partial charge in [-0.3, -0.25) is 4.79 Å². The van der Waals surface area contributed by atoms with E-state index in [1.165, 1.54) is 18.2 Å². The van der Waals surface area contributed by atoms with Crippen LogP contribution in [0.3, 0.4) is 0 Å². The molecule has 2 rings (SSSR count). The van der Waals surface area contributed by atoms with Gasteiger partial charge in [0.05, 0.1) is 6.61 Å². The lowest BCUT2D eigenvalue weighted by Crippen LogP contribution is -2.03. The Labute approximate surface area is 161 Å². The molecule has 27 heavy (non-hydrogen) atoms. The molecule has 0 amide bonds. The summed E-state index contributed by atoms with van der Waals surface area (Å²) >= 11 is 0. The lowest BCUT2D eigenvalue weighted by molar-refractivity contribution is 0.104. The molecular weight excluding hydrogens is 340 g/mol. The summed E-state index contributed by atoms with van der Waals surface area (Å²) in [6, 6.07) is 8.07. The molecule has 4 heteroatoms. The topological polar surface area (TPSA) is 66.8 Å². The van der Waals surface area contributed by atoms with Crippen LogP contribution in [-0.4, -0.2) is 22.6 Å². The van der Waals surface area contributed by atoms with Gasteiger partial charge in [-0.1, -0.05) is 26.7 Å². The van der Waals surface area contributed by atoms with E-state index in [1.54, 1.807) is 18.2 Å². The zero-order valence-electron chi connectivity index (χ0n) is 16.3. The van der Waals surface area contributed by atoms with Gasteiger partial charge in [-0.05, 0) is 67.8 Å². The van der Waals surface area contributed by atoms with Crippen LogP contribution in [0.25, 0.3) is 6.08 Å². The number of aryl methyl sites for hydroxylation is 1. The van der Waals surface area contributed by atoms with Crippen molar-refractivity contribution in [2.75, 3.05) is 6.61 Å². The molecule has 144 valence electrons. The standard InChI is InChI=1S/C23H28O4/c1-4-7-17-15-18(23(27-6-3)20(8-5-2)22(17)26)11-14-21(25)16-9-12-19(24)13-10-16/h9-15,24,26H,4-8H2,1-3H3/b14-11+. The second kappa shape index (κ2) is 9.81. The number of rotatable bonds is 9. The van der Waals surface area contributed by atoms with E-state index in [0.29, 0.717) is 30.1 Å². The van der Waals surface area contributed by atoms with Crippen LogP contribution in [0.5, 0.6) is 17.2 Å². The molecule has 0 aliphatic heterocycles. The number of phenols is 2. The molecule has 0 bridgehead atoms. The maximum atomic E-state index is 12.4. The molecular formula is C23H28O4. The van der Waals surface area contributed by atoms with Crippen molar-refractivity contribution in [2.24, 2.45) is 0 Å². The number of ketones is 1. The zero-order valence-corrected chi connectivity index (χ0v) is 16.3. The van der Waals surface area contributed by atoms with E-state index in [4.69, 9.17) is 4.74 Å². The van der Waals surface area contributed by atoms with Gasteiger partial charge in [-0.25, -0.2) is 0 Å². The fourth-order valence-corrected chi connectivity index (χ4v) is 3.07. The third-order valence-electron chi connectivity index (χ3n) is 4.33. The molecule has 0 spiro atoms. The van der Waals surface area contributed by atoms with Crippen molar-refractivity contribution in [3.63, 3.8) is 0 Å². The lowest BCUT2D eigenvalue weighted by atomic mass is 9.96. The molecule has 0 aromatic heterocycles. The molecule has 2 aromatic carbocycles. The van der Waals surface area contributed by atoms with Gasteiger partial charge in [0.25, 0.3) is 0 Å². The van der Waals surface area contributed by atoms with Crippen molar-refractivity contribution in [1.29, 1.82) is 0 Å². The predicted molar refractivity (Wildman–Crippen MR) is 109 cm³/mol. The first kappa shape index (κ1) is 20.6. The second-order valence-electron chi connectivity index (χ2n) is 6.46. The van der Waals surface area contributed by atoms with Gasteiger partial charge in [0.15, 0.2) is 5.78 Å². The molecule has 0 unspecified atom stereocenters. The third-order valence-corrected chi connectivity index (χ3v) is 4.33. The molecule has 0 saturated heterocycles. The molecule has 0 radical (unpaired) electrons. The number of phenolic OH excluding ortho intramolecular Hbond substituents is 2. The predicted octanol–water partition coefficient (Wildman–Crippen LogP) is 5.30. The van der Waals surface area contributed by atoms with Crippen LogP contribution in [0, 0.1) is 0 Å². The Morgan fingerprint density at radius 2 is 1.70 bits per heavy atom. The van der Waals surface area contributed by atoms with Crippen LogP contribution in [-0.2, 0) is 12.8 Å². The molecule has 0 aliphatic rings. The van der Waals surface area contributed by atoms with Crippen molar-refractivity contribution in [2.45, 2.75) is 46.5 Å². The summed E-state index contributed by atoms with van der Waals surface area (Å²) in [5.74, 6) is 0.927. The fraction of sp³-hybridized carbons (Fsp3) is 0.348. The van der Waals surface area contributed by atoms with E-state index in [0.717, 1.165) is 36.0 Å². The number of hydrogen-bond donors (Lipinski definition) is 2. The number of carbonyl (C=O) groups is 1. The summed E-state index contributed by atoms with van der Waals surface area (Å²) in [5, 5.41) is 20.0. The quantitative estimate of drug-likeness (QED) is 0.466. The average Bonchev–Trinajstić information content (AvgIpc) is 2.66. The van der Waals surface area contributed by atoms with Crippen molar-refractivity contribution >= 4 is 11.9 Å². The minimum atomic E-state index is -0.153. The van der Waals surface area contributed by atoms with Crippen LogP contribution in [0.4, 0.5) is 0 Å². The highest BCUT2D eigenvalue weighted by atomic mass is 16.5. The van der Waals surface area contributed by atoms with Gasteiger partial charge >= 0.3 is 0 Å². The monoisotopic (exact) mass is 368 g/mol. The number of allylic oxidation sites excluding steroid dienone is 1. The van der Waals surface area contributed by atoms with Crippen LogP contribution in [0.15, 0.2) is 36.4 Å². The van der Waals surface area contributed by atoms with Gasteiger partial charge < -0.3 is 14.9 Å². The van der Waals surface area contributed by atoms with Gasteiger partial charge in [0.1, 0.15) is 17.2 Å². The molecule has 2 aromatic rings. The summed E-state index contributed by atoms with van der Waals surface area (Å²) in [7, 11) is 0. The maximum absolute atomic E-state index is 12.4. The SMILES string of the molecule is CCCc1cc(/C=C/C(=O)c2ccc(O)cc2)c(OCC)c(CCC)c1O. The number of ether oxygens (including phenoxy) is 1. The molecule has 0 heterocycles. The maximum Gasteiger partial charge on any atom is 0.185 e. The number of carbonyl (C=O) groups excluding carboxylic acids is 1. The van der Waals surface area contributed by atoms with E-state index in [1.807, 2.05) is 13.0 Å². The highest BCUT2D eigenvalue weighted by Crippen LogP contribution is 2.37. The summed E-state index contributed by atoms with van der Waals surface area (Å²) < 4.78 is 5.83. The first-order chi connectivity index (χ1) is 13.0. The minimum Gasteiger partial charge on any atom is -0.508 e. The molecule has 0 fully saturated rings. The Kier molecular flexibility index (Phi) is 7.47. The van der Waals surface area contributed by atoms with Crippen LogP contribution in [0.1, 0.15) is 60.7 Å². The lowest BCUT2D eigenvalue weighted by Gasteiger charge is -2.18. The molecule has 0 atom stereocenters. The van der Waals surface area contributed by atoms with E-state index in [2.05, 4.69) is 13.8 Å². The molecule has 2 N–H and O–H groups in total. The Hall–Kier alpha value is -2.75. The molecule has 0 saturated carbocycles. The summed E-state index contributed by atoms with van der Waals surface area (Å²) in [6.45, 7) is 6.52. The zero-order chi connectivity index (χ0) is 19.8. The normalized spacial score (nSPS) is 11.1. The van der Waals surface area contributed by atoms with Gasteiger partial charge in [-0.15, -0.1) is 0 Å². The minimum absolute atomic E-state index is 0.126. The summed E-state index contributed by atoms with van der Waals surface area (Å²) in [6.07, 6.45) is 6.54. The van der Waals surface area contributed by atoms with Crippen molar-refractivity contribution < 1.29 is 19.7 Å². The largest absolute Gasteiger partial charge is 0.508 e. The van der Waals surface area contributed by atoms with Crippen molar-refractivity contribution in [3.05, 3.63) is 58.7 Å². The fourth-order valence-electron chi connectivity index (χ4n) is 3.07. The smallest absolute Gasteiger partial charge is 0.185 e. The van der Waals surface area contributed by atoms with E-state index in [-0.39, 0.29) is 11.5 Å². The third kappa shape index (κ3) is 5.13. The Morgan fingerprint density at radius 3 is 2.30 bits per heavy atom. The Bertz CT molecular complexity index is 804. The average molecular weight is 368 g/mol. The van der Waals surface area contributed by atoms with Crippen molar-refractivity contribution in [3.8, 4) is 17.2 Å². The van der Waals surface area contributed by atoms with Gasteiger partial charge in [0, 0.05) is 16.7 Å². The summed E-state index contributed by atoms with van der Waals surface area (Å²) in [5.41, 5.74) is 2.99. The number of aromatic hydroxyl groups is 2. The highest BCUT2D eigenvalue weighted by Gasteiger charge is 2.17. The van der Waals surface area contributed by atoms with E-state index in [9.17, 15) is 15.0 Å². The first-order valence-electron chi connectivity index (χ1n) is 9.53.